The van der Waals surface area contributed by atoms with Crippen LogP contribution in [0.2, 0.25) is 0 Å². The minimum absolute atomic E-state index is 0.0686. The molecule has 0 bridgehead atoms. The summed E-state index contributed by atoms with van der Waals surface area (Å²) in [7, 11) is 0. The van der Waals surface area contributed by atoms with Crippen LogP contribution in [0.3, 0.4) is 0 Å². The van der Waals surface area contributed by atoms with Crippen LogP contribution in [0.1, 0.15) is 13.8 Å². The molecule has 6 N–H and O–H groups in total. The fourth-order valence-electron chi connectivity index (χ4n) is 1.44. The Hall–Kier alpha value is -2.11. The van der Waals surface area contributed by atoms with Crippen LogP contribution in [-0.2, 0) is 0 Å². The lowest BCUT2D eigenvalue weighted by molar-refractivity contribution is 0.244. The fraction of sp³-hybridized carbons (Fsp3) is 0.417. The maximum Gasteiger partial charge on any atom is 0.312 e. The molecule has 0 unspecified atom stereocenters. The van der Waals surface area contributed by atoms with Crippen molar-refractivity contribution in [3.05, 3.63) is 18.2 Å². The van der Waals surface area contributed by atoms with Gasteiger partial charge in [-0.2, -0.15) is 0 Å². The Labute approximate surface area is 107 Å². The average Bonchev–Trinajstić information content (AvgIpc) is 2.28. The maximum atomic E-state index is 10.5. The second kappa shape index (κ2) is 6.58. The van der Waals surface area contributed by atoms with E-state index >= 15 is 0 Å². The van der Waals surface area contributed by atoms with Crippen molar-refractivity contribution in [3.8, 4) is 5.75 Å². The van der Waals surface area contributed by atoms with Gasteiger partial charge in [0, 0.05) is 13.1 Å². The Morgan fingerprint density at radius 2 is 2.11 bits per heavy atom. The molecule has 0 radical (unpaired) electrons. The Morgan fingerprint density at radius 3 is 2.72 bits per heavy atom. The monoisotopic (exact) mass is 252 g/mol. The number of para-hydroxylation sites is 1. The Bertz CT molecular complexity index is 407. The van der Waals surface area contributed by atoms with Gasteiger partial charge in [0.25, 0.3) is 0 Å². The van der Waals surface area contributed by atoms with E-state index in [4.69, 9.17) is 16.2 Å². The molecule has 0 aliphatic carbocycles. The number of nitrogen functional groups attached to an aromatic ring is 1. The van der Waals surface area contributed by atoms with E-state index in [1.807, 2.05) is 32.0 Å². The largest absolute Gasteiger partial charge is 0.489 e. The first-order valence-corrected chi connectivity index (χ1v) is 5.83. The zero-order valence-corrected chi connectivity index (χ0v) is 10.7. The molecule has 0 saturated carbocycles. The molecule has 0 aromatic heterocycles. The third-order valence-corrected chi connectivity index (χ3v) is 2.17. The summed E-state index contributed by atoms with van der Waals surface area (Å²) >= 11 is 0. The predicted octanol–water partition coefficient (Wildman–Crippen LogP) is 1.14. The minimum atomic E-state index is -0.540. The summed E-state index contributed by atoms with van der Waals surface area (Å²) in [6.45, 7) is 4.86. The summed E-state index contributed by atoms with van der Waals surface area (Å²) < 4.78 is 5.58. The number of carbonyl (C=O) groups is 1. The highest BCUT2D eigenvalue weighted by atomic mass is 16.5. The second-order valence-electron chi connectivity index (χ2n) is 4.10. The molecule has 1 aromatic rings. The van der Waals surface area contributed by atoms with Gasteiger partial charge in [0.2, 0.25) is 0 Å². The lowest BCUT2D eigenvalue weighted by Gasteiger charge is -2.15. The van der Waals surface area contributed by atoms with Crippen molar-refractivity contribution >= 4 is 17.4 Å². The van der Waals surface area contributed by atoms with E-state index in [9.17, 15) is 4.79 Å². The second-order valence-corrected chi connectivity index (χ2v) is 4.10. The molecule has 1 aromatic carbocycles. The van der Waals surface area contributed by atoms with E-state index in [-0.39, 0.29) is 6.10 Å². The van der Waals surface area contributed by atoms with Crippen LogP contribution >= 0.6 is 0 Å². The van der Waals surface area contributed by atoms with Gasteiger partial charge in [0.05, 0.1) is 17.5 Å². The molecule has 6 nitrogen and oxygen atoms in total. The van der Waals surface area contributed by atoms with Crippen molar-refractivity contribution in [1.29, 1.82) is 0 Å². The van der Waals surface area contributed by atoms with Gasteiger partial charge in [-0.05, 0) is 26.0 Å². The van der Waals surface area contributed by atoms with Crippen LogP contribution in [0, 0.1) is 0 Å². The summed E-state index contributed by atoms with van der Waals surface area (Å²) in [5.41, 5.74) is 12.3. The van der Waals surface area contributed by atoms with Crippen LogP contribution in [-0.4, -0.2) is 25.2 Å². The SMILES string of the molecule is CC(C)Oc1cccc(NCCNC(N)=O)c1N. The highest BCUT2D eigenvalue weighted by Crippen LogP contribution is 2.29. The number of benzene rings is 1. The van der Waals surface area contributed by atoms with Crippen LogP contribution < -0.4 is 26.8 Å². The first kappa shape index (κ1) is 14.0. The number of amides is 2. The molecule has 0 heterocycles. The van der Waals surface area contributed by atoms with Gasteiger partial charge in [-0.15, -0.1) is 0 Å². The topological polar surface area (TPSA) is 102 Å². The van der Waals surface area contributed by atoms with Gasteiger partial charge in [-0.1, -0.05) is 6.07 Å². The van der Waals surface area contributed by atoms with E-state index < -0.39 is 6.03 Å². The van der Waals surface area contributed by atoms with Gasteiger partial charge in [-0.25, -0.2) is 4.79 Å². The van der Waals surface area contributed by atoms with E-state index in [1.54, 1.807) is 0 Å². The van der Waals surface area contributed by atoms with E-state index in [0.717, 1.165) is 5.69 Å². The Kier molecular flexibility index (Phi) is 5.10. The molecule has 18 heavy (non-hydrogen) atoms. The standard InChI is InChI=1S/C12H20N4O2/c1-8(2)18-10-5-3-4-9(11(10)13)15-6-7-16-12(14)17/h3-5,8,15H,6-7,13H2,1-2H3,(H3,14,16,17). The maximum absolute atomic E-state index is 10.5. The Balaban J connectivity index is 2.57. The molecular formula is C12H20N4O2. The van der Waals surface area contributed by atoms with Crippen LogP contribution in [0.5, 0.6) is 5.75 Å². The summed E-state index contributed by atoms with van der Waals surface area (Å²) in [5, 5.41) is 5.59. The summed E-state index contributed by atoms with van der Waals surface area (Å²) in [4.78, 5) is 10.5. The smallest absolute Gasteiger partial charge is 0.312 e. The number of ether oxygens (including phenoxy) is 1. The fourth-order valence-corrected chi connectivity index (χ4v) is 1.44. The van der Waals surface area contributed by atoms with E-state index in [2.05, 4.69) is 10.6 Å². The first-order chi connectivity index (χ1) is 8.50. The molecule has 100 valence electrons. The molecule has 0 atom stereocenters. The molecule has 0 saturated heterocycles. The van der Waals surface area contributed by atoms with Gasteiger partial charge in [0.15, 0.2) is 0 Å². The number of anilines is 2. The van der Waals surface area contributed by atoms with Crippen LogP contribution in [0.25, 0.3) is 0 Å². The third-order valence-electron chi connectivity index (χ3n) is 2.17. The van der Waals surface area contributed by atoms with Gasteiger partial charge in [0.1, 0.15) is 5.75 Å². The molecular weight excluding hydrogens is 232 g/mol. The highest BCUT2D eigenvalue weighted by Gasteiger charge is 2.06. The van der Waals surface area contributed by atoms with Crippen molar-refractivity contribution in [2.45, 2.75) is 20.0 Å². The van der Waals surface area contributed by atoms with Crippen molar-refractivity contribution in [2.75, 3.05) is 24.1 Å². The number of hydrogen-bond donors (Lipinski definition) is 4. The molecule has 1 rings (SSSR count). The number of primary amides is 1. The zero-order valence-electron chi connectivity index (χ0n) is 10.7. The highest BCUT2D eigenvalue weighted by molar-refractivity contribution is 5.73. The molecule has 0 aliphatic rings. The number of carbonyl (C=O) groups excluding carboxylic acids is 1. The molecule has 6 heteroatoms. The molecule has 0 spiro atoms. The van der Waals surface area contributed by atoms with Crippen molar-refractivity contribution in [1.82, 2.24) is 5.32 Å². The average molecular weight is 252 g/mol. The number of rotatable bonds is 6. The van der Waals surface area contributed by atoms with Crippen LogP contribution in [0.15, 0.2) is 18.2 Å². The number of hydrogen-bond acceptors (Lipinski definition) is 4. The normalized spacial score (nSPS) is 10.2. The molecule has 0 fully saturated rings. The summed E-state index contributed by atoms with van der Waals surface area (Å²) in [6.07, 6.45) is 0.0686. The van der Waals surface area contributed by atoms with Crippen LogP contribution in [0.4, 0.5) is 16.2 Å². The van der Waals surface area contributed by atoms with E-state index in [1.165, 1.54) is 0 Å². The lowest BCUT2D eigenvalue weighted by atomic mass is 10.2. The summed E-state index contributed by atoms with van der Waals surface area (Å²) in [6, 6.07) is 4.99. The Morgan fingerprint density at radius 1 is 1.39 bits per heavy atom. The minimum Gasteiger partial charge on any atom is -0.489 e. The number of nitrogens with one attached hydrogen (secondary N) is 2. The molecule has 2 amide bonds. The quantitative estimate of drug-likeness (QED) is 0.450. The summed E-state index contributed by atoms with van der Waals surface area (Å²) in [5.74, 6) is 0.651. The zero-order chi connectivity index (χ0) is 13.5. The molecule has 0 aliphatic heterocycles. The lowest BCUT2D eigenvalue weighted by Crippen LogP contribution is -2.33. The predicted molar refractivity (Wildman–Crippen MR) is 72.7 cm³/mol. The number of urea groups is 1. The first-order valence-electron chi connectivity index (χ1n) is 5.83. The third kappa shape index (κ3) is 4.40. The van der Waals surface area contributed by atoms with Gasteiger partial charge >= 0.3 is 6.03 Å². The van der Waals surface area contributed by atoms with E-state index in [0.29, 0.717) is 24.5 Å². The van der Waals surface area contributed by atoms with Crippen molar-refractivity contribution < 1.29 is 9.53 Å². The van der Waals surface area contributed by atoms with Crippen molar-refractivity contribution in [3.63, 3.8) is 0 Å². The van der Waals surface area contributed by atoms with Crippen molar-refractivity contribution in [2.24, 2.45) is 5.73 Å². The van der Waals surface area contributed by atoms with Gasteiger partial charge in [-0.3, -0.25) is 0 Å². The van der Waals surface area contributed by atoms with Gasteiger partial charge < -0.3 is 26.8 Å². The number of nitrogens with two attached hydrogens (primary N) is 2.